The molecule has 162 valence electrons. The van der Waals surface area contributed by atoms with E-state index in [1.165, 1.54) is 37.3 Å². The Kier molecular flexibility index (Phi) is 6.97. The lowest BCUT2D eigenvalue weighted by atomic mass is 9.98. The quantitative estimate of drug-likeness (QED) is 0.243. The summed E-state index contributed by atoms with van der Waals surface area (Å²) in [6, 6.07) is 16.6. The number of hydrogen-bond acceptors (Lipinski definition) is 6. The molecule has 8 nitrogen and oxygen atoms in total. The number of rotatable bonds is 7. The fourth-order valence-corrected chi connectivity index (χ4v) is 3.09. The van der Waals surface area contributed by atoms with Gasteiger partial charge in [0.1, 0.15) is 0 Å². The van der Waals surface area contributed by atoms with Gasteiger partial charge in [-0.1, -0.05) is 35.9 Å². The standard InChI is InChI=1S/C23H17ClN2O6/c1-14-19(7-4-8-20(14)26(30)31)25-21(27)13-32-23(29)18-6-3-2-5-17(18)22(28)15-9-11-16(24)12-10-15/h2-12H,13H2,1H3,(H,25,27). The van der Waals surface area contributed by atoms with E-state index >= 15 is 0 Å². The molecule has 0 unspecified atom stereocenters. The van der Waals surface area contributed by atoms with Gasteiger partial charge in [0, 0.05) is 22.2 Å². The average molecular weight is 453 g/mol. The zero-order valence-electron chi connectivity index (χ0n) is 16.8. The first-order valence-corrected chi connectivity index (χ1v) is 9.76. The molecular weight excluding hydrogens is 436 g/mol. The molecule has 0 radical (unpaired) electrons. The minimum Gasteiger partial charge on any atom is -0.452 e. The van der Waals surface area contributed by atoms with Crippen molar-refractivity contribution in [3.63, 3.8) is 0 Å². The fraction of sp³-hybridized carbons (Fsp3) is 0.0870. The number of ether oxygens (including phenoxy) is 1. The van der Waals surface area contributed by atoms with Crippen LogP contribution in [0.4, 0.5) is 11.4 Å². The number of halogens is 1. The molecule has 0 atom stereocenters. The number of nitro groups is 1. The summed E-state index contributed by atoms with van der Waals surface area (Å²) in [5.74, 6) is -1.93. The van der Waals surface area contributed by atoms with Crippen LogP contribution in [0.5, 0.6) is 0 Å². The summed E-state index contributed by atoms with van der Waals surface area (Å²) >= 11 is 5.85. The van der Waals surface area contributed by atoms with Gasteiger partial charge in [0.2, 0.25) is 0 Å². The van der Waals surface area contributed by atoms with Gasteiger partial charge in [-0.05, 0) is 43.3 Å². The van der Waals surface area contributed by atoms with Crippen LogP contribution in [0, 0.1) is 17.0 Å². The first-order valence-electron chi connectivity index (χ1n) is 9.38. The molecule has 0 aromatic heterocycles. The van der Waals surface area contributed by atoms with Crippen molar-refractivity contribution in [1.82, 2.24) is 0 Å². The number of carbonyl (C=O) groups excluding carboxylic acids is 3. The molecule has 3 aromatic carbocycles. The van der Waals surface area contributed by atoms with Crippen molar-refractivity contribution in [2.24, 2.45) is 0 Å². The maximum absolute atomic E-state index is 12.8. The largest absolute Gasteiger partial charge is 0.452 e. The maximum Gasteiger partial charge on any atom is 0.339 e. The van der Waals surface area contributed by atoms with Crippen molar-refractivity contribution in [2.75, 3.05) is 11.9 Å². The predicted molar refractivity (Wildman–Crippen MR) is 118 cm³/mol. The van der Waals surface area contributed by atoms with Gasteiger partial charge < -0.3 is 10.1 Å². The molecule has 0 aliphatic carbocycles. The van der Waals surface area contributed by atoms with Crippen molar-refractivity contribution < 1.29 is 24.0 Å². The van der Waals surface area contributed by atoms with Gasteiger partial charge >= 0.3 is 5.97 Å². The number of nitrogens with one attached hydrogen (secondary N) is 1. The number of ketones is 1. The van der Waals surface area contributed by atoms with E-state index in [0.717, 1.165) is 0 Å². The Bertz CT molecular complexity index is 1210. The van der Waals surface area contributed by atoms with Crippen LogP contribution in [0.25, 0.3) is 0 Å². The Morgan fingerprint density at radius 3 is 2.28 bits per heavy atom. The third-order valence-electron chi connectivity index (χ3n) is 4.61. The summed E-state index contributed by atoms with van der Waals surface area (Å²) in [6.07, 6.45) is 0. The van der Waals surface area contributed by atoms with Crippen molar-refractivity contribution in [2.45, 2.75) is 6.92 Å². The predicted octanol–water partition coefficient (Wildman–Crippen LogP) is 4.58. The molecule has 0 bridgehead atoms. The smallest absolute Gasteiger partial charge is 0.339 e. The van der Waals surface area contributed by atoms with E-state index in [1.807, 2.05) is 0 Å². The van der Waals surface area contributed by atoms with E-state index < -0.39 is 29.2 Å². The lowest BCUT2D eigenvalue weighted by Crippen LogP contribution is -2.22. The molecule has 3 rings (SSSR count). The van der Waals surface area contributed by atoms with E-state index in [-0.39, 0.29) is 28.1 Å². The summed E-state index contributed by atoms with van der Waals surface area (Å²) < 4.78 is 5.07. The van der Waals surface area contributed by atoms with Gasteiger partial charge in [0.05, 0.1) is 21.7 Å². The van der Waals surface area contributed by atoms with Crippen molar-refractivity contribution in [3.05, 3.63) is 104 Å². The number of carbonyl (C=O) groups is 3. The van der Waals surface area contributed by atoms with Crippen LogP contribution in [0.2, 0.25) is 5.02 Å². The summed E-state index contributed by atoms with van der Waals surface area (Å²) in [5, 5.41) is 14.0. The molecule has 0 saturated heterocycles. The first kappa shape index (κ1) is 22.6. The van der Waals surface area contributed by atoms with Crippen molar-refractivity contribution in [1.29, 1.82) is 0 Å². The molecule has 0 aliphatic rings. The van der Waals surface area contributed by atoms with Crippen LogP contribution in [-0.4, -0.2) is 29.2 Å². The second-order valence-corrected chi connectivity index (χ2v) is 7.15. The van der Waals surface area contributed by atoms with Crippen LogP contribution in [0.15, 0.2) is 66.7 Å². The minimum atomic E-state index is -0.853. The number of benzene rings is 3. The molecular formula is C23H17ClN2O6. The third-order valence-corrected chi connectivity index (χ3v) is 4.86. The van der Waals surface area contributed by atoms with Crippen LogP contribution in [0.3, 0.4) is 0 Å². The fourth-order valence-electron chi connectivity index (χ4n) is 2.97. The zero-order valence-corrected chi connectivity index (χ0v) is 17.6. The molecule has 9 heteroatoms. The monoisotopic (exact) mass is 452 g/mol. The average Bonchev–Trinajstić information content (AvgIpc) is 2.78. The lowest BCUT2D eigenvalue weighted by Gasteiger charge is -2.11. The molecule has 0 saturated carbocycles. The number of amides is 1. The Hall–Kier alpha value is -4.04. The highest BCUT2D eigenvalue weighted by atomic mass is 35.5. The highest BCUT2D eigenvalue weighted by molar-refractivity contribution is 6.30. The second-order valence-electron chi connectivity index (χ2n) is 6.71. The number of nitrogens with zero attached hydrogens (tertiary/aromatic N) is 1. The molecule has 0 aliphatic heterocycles. The molecule has 1 N–H and O–H groups in total. The Morgan fingerprint density at radius 1 is 0.969 bits per heavy atom. The SMILES string of the molecule is Cc1c(NC(=O)COC(=O)c2ccccc2C(=O)c2ccc(Cl)cc2)cccc1[N+](=O)[O-]. The van der Waals surface area contributed by atoms with E-state index in [0.29, 0.717) is 10.6 Å². The van der Waals surface area contributed by atoms with E-state index in [1.54, 1.807) is 36.4 Å². The molecule has 3 aromatic rings. The van der Waals surface area contributed by atoms with Gasteiger partial charge in [-0.3, -0.25) is 19.7 Å². The number of anilines is 1. The van der Waals surface area contributed by atoms with Gasteiger partial charge in [0.25, 0.3) is 11.6 Å². The minimum absolute atomic E-state index is 0.00628. The van der Waals surface area contributed by atoms with Gasteiger partial charge in [-0.2, -0.15) is 0 Å². The molecule has 1 amide bonds. The summed E-state index contributed by atoms with van der Waals surface area (Å²) in [6.45, 7) is 0.864. The van der Waals surface area contributed by atoms with Gasteiger partial charge in [-0.15, -0.1) is 0 Å². The van der Waals surface area contributed by atoms with Gasteiger partial charge in [0.15, 0.2) is 12.4 Å². The number of hydrogen-bond donors (Lipinski definition) is 1. The summed E-state index contributed by atoms with van der Waals surface area (Å²) in [7, 11) is 0. The van der Waals surface area contributed by atoms with Crippen LogP contribution in [0.1, 0.15) is 31.8 Å². The van der Waals surface area contributed by atoms with Crippen molar-refractivity contribution in [3.8, 4) is 0 Å². The van der Waals surface area contributed by atoms with E-state index in [9.17, 15) is 24.5 Å². The van der Waals surface area contributed by atoms with E-state index in [4.69, 9.17) is 16.3 Å². The number of nitro benzene ring substituents is 1. The Morgan fingerprint density at radius 2 is 1.62 bits per heavy atom. The van der Waals surface area contributed by atoms with E-state index in [2.05, 4.69) is 5.32 Å². The maximum atomic E-state index is 12.8. The number of esters is 1. The third kappa shape index (κ3) is 5.16. The molecule has 0 heterocycles. The molecule has 0 spiro atoms. The highest BCUT2D eigenvalue weighted by Crippen LogP contribution is 2.25. The first-order chi connectivity index (χ1) is 15.3. The molecule has 0 fully saturated rings. The lowest BCUT2D eigenvalue weighted by molar-refractivity contribution is -0.385. The van der Waals surface area contributed by atoms with Crippen LogP contribution in [-0.2, 0) is 9.53 Å². The van der Waals surface area contributed by atoms with Crippen LogP contribution >= 0.6 is 11.6 Å². The topological polar surface area (TPSA) is 116 Å². The highest BCUT2D eigenvalue weighted by Gasteiger charge is 2.20. The molecule has 32 heavy (non-hydrogen) atoms. The van der Waals surface area contributed by atoms with Crippen LogP contribution < -0.4 is 5.32 Å². The van der Waals surface area contributed by atoms with Gasteiger partial charge in [-0.25, -0.2) is 4.79 Å². The normalized spacial score (nSPS) is 10.3. The Labute approximate surface area is 187 Å². The zero-order chi connectivity index (χ0) is 23.3. The summed E-state index contributed by atoms with van der Waals surface area (Å²) in [5.41, 5.74) is 0.833. The summed E-state index contributed by atoms with van der Waals surface area (Å²) in [4.78, 5) is 48.0. The second kappa shape index (κ2) is 9.84. The van der Waals surface area contributed by atoms with Crippen molar-refractivity contribution >= 4 is 40.6 Å². The Balaban J connectivity index is 1.70.